The van der Waals surface area contributed by atoms with Gasteiger partial charge in [0.2, 0.25) is 10.0 Å². The van der Waals surface area contributed by atoms with Crippen molar-refractivity contribution in [2.24, 2.45) is 5.92 Å². The van der Waals surface area contributed by atoms with Crippen LogP contribution < -0.4 is 5.32 Å². The molecular formula is C25H31N3O5S. The minimum atomic E-state index is -3.64. The highest BCUT2D eigenvalue weighted by Crippen LogP contribution is 2.23. The van der Waals surface area contributed by atoms with Gasteiger partial charge in [0, 0.05) is 49.6 Å². The summed E-state index contributed by atoms with van der Waals surface area (Å²) in [5.74, 6) is -0.310. The van der Waals surface area contributed by atoms with Gasteiger partial charge in [0.15, 0.2) is 0 Å². The molecule has 2 aliphatic rings. The number of carbonyl (C=O) groups excluding carboxylic acids is 2. The first kappa shape index (κ1) is 24.4. The molecule has 0 spiro atoms. The Labute approximate surface area is 200 Å². The fourth-order valence-electron chi connectivity index (χ4n) is 4.49. The van der Waals surface area contributed by atoms with E-state index in [0.717, 1.165) is 32.1 Å². The number of hydrogen-bond acceptors (Lipinski definition) is 5. The second-order valence-corrected chi connectivity index (χ2v) is 10.9. The fraction of sp³-hybridized carbons (Fsp3) is 0.440. The highest BCUT2D eigenvalue weighted by atomic mass is 32.2. The van der Waals surface area contributed by atoms with Crippen LogP contribution in [-0.2, 0) is 10.0 Å². The second kappa shape index (κ2) is 10.7. The molecule has 2 fully saturated rings. The lowest BCUT2D eigenvalue weighted by atomic mass is 9.97. The summed E-state index contributed by atoms with van der Waals surface area (Å²) in [5, 5.41) is 12.1. The Bertz CT molecular complexity index is 1140. The third-order valence-corrected chi connectivity index (χ3v) is 8.47. The van der Waals surface area contributed by atoms with E-state index in [1.54, 1.807) is 41.3 Å². The van der Waals surface area contributed by atoms with Crippen LogP contribution in [0.15, 0.2) is 53.4 Å². The lowest BCUT2D eigenvalue weighted by Gasteiger charge is -2.31. The van der Waals surface area contributed by atoms with E-state index in [1.165, 1.54) is 16.4 Å². The van der Waals surface area contributed by atoms with Crippen molar-refractivity contribution >= 4 is 27.5 Å². The number of hydrogen-bond donors (Lipinski definition) is 2. The number of carbonyl (C=O) groups is 2. The van der Waals surface area contributed by atoms with Crippen molar-refractivity contribution in [3.8, 4) is 0 Å². The molecule has 2 N–H and O–H groups in total. The maximum Gasteiger partial charge on any atom is 0.255 e. The number of aliphatic hydroxyl groups excluding tert-OH is 1. The Morgan fingerprint density at radius 2 is 1.59 bits per heavy atom. The number of piperidine rings is 2. The smallest absolute Gasteiger partial charge is 0.255 e. The highest BCUT2D eigenvalue weighted by Gasteiger charge is 2.27. The molecule has 0 bridgehead atoms. The molecule has 0 aromatic heterocycles. The Morgan fingerprint density at radius 1 is 0.912 bits per heavy atom. The highest BCUT2D eigenvalue weighted by molar-refractivity contribution is 7.89. The van der Waals surface area contributed by atoms with Crippen molar-refractivity contribution in [1.29, 1.82) is 0 Å². The minimum absolute atomic E-state index is 0.109. The fourth-order valence-corrected chi connectivity index (χ4v) is 6.05. The number of amides is 2. The molecule has 0 aliphatic carbocycles. The molecule has 9 heteroatoms. The molecule has 2 saturated heterocycles. The van der Waals surface area contributed by atoms with Crippen LogP contribution in [-0.4, -0.2) is 67.3 Å². The Morgan fingerprint density at radius 3 is 2.29 bits per heavy atom. The lowest BCUT2D eigenvalue weighted by Crippen LogP contribution is -2.39. The van der Waals surface area contributed by atoms with E-state index >= 15 is 0 Å². The summed E-state index contributed by atoms with van der Waals surface area (Å²) < 4.78 is 27.4. The predicted molar refractivity (Wildman–Crippen MR) is 129 cm³/mol. The molecule has 0 unspecified atom stereocenters. The first-order chi connectivity index (χ1) is 16.4. The minimum Gasteiger partial charge on any atom is -0.396 e. The summed E-state index contributed by atoms with van der Waals surface area (Å²) in [6.07, 6.45) is 4.25. The summed E-state index contributed by atoms with van der Waals surface area (Å²) in [4.78, 5) is 27.6. The van der Waals surface area contributed by atoms with Gasteiger partial charge in [-0.25, -0.2) is 8.42 Å². The van der Waals surface area contributed by atoms with Crippen LogP contribution in [0.3, 0.4) is 0 Å². The van der Waals surface area contributed by atoms with E-state index in [4.69, 9.17) is 0 Å². The molecule has 0 saturated carbocycles. The largest absolute Gasteiger partial charge is 0.396 e. The number of likely N-dealkylation sites (tertiary alicyclic amines) is 1. The number of nitrogens with one attached hydrogen (secondary N) is 1. The first-order valence-electron chi connectivity index (χ1n) is 11.8. The van der Waals surface area contributed by atoms with Crippen molar-refractivity contribution in [3.63, 3.8) is 0 Å². The van der Waals surface area contributed by atoms with E-state index in [-0.39, 0.29) is 28.9 Å². The zero-order valence-corrected chi connectivity index (χ0v) is 20.0. The van der Waals surface area contributed by atoms with Crippen LogP contribution in [0.2, 0.25) is 0 Å². The molecular weight excluding hydrogens is 454 g/mol. The van der Waals surface area contributed by atoms with Gasteiger partial charge < -0.3 is 15.3 Å². The number of sulfonamides is 1. The van der Waals surface area contributed by atoms with Crippen LogP contribution in [0.1, 0.15) is 52.8 Å². The summed E-state index contributed by atoms with van der Waals surface area (Å²) in [6, 6.07) is 12.8. The van der Waals surface area contributed by atoms with Crippen molar-refractivity contribution < 1.29 is 23.1 Å². The van der Waals surface area contributed by atoms with Crippen molar-refractivity contribution in [2.45, 2.75) is 37.0 Å². The van der Waals surface area contributed by atoms with E-state index in [2.05, 4.69) is 5.32 Å². The lowest BCUT2D eigenvalue weighted by molar-refractivity contribution is 0.0650. The van der Waals surface area contributed by atoms with E-state index in [9.17, 15) is 23.1 Å². The van der Waals surface area contributed by atoms with Crippen molar-refractivity contribution in [3.05, 3.63) is 59.7 Å². The van der Waals surface area contributed by atoms with E-state index < -0.39 is 15.9 Å². The third kappa shape index (κ3) is 5.48. The van der Waals surface area contributed by atoms with E-state index in [1.807, 2.05) is 0 Å². The van der Waals surface area contributed by atoms with Gasteiger partial charge in [-0.3, -0.25) is 9.59 Å². The average molecular weight is 486 g/mol. The van der Waals surface area contributed by atoms with Crippen LogP contribution in [0.25, 0.3) is 0 Å². The molecule has 0 atom stereocenters. The molecule has 2 aromatic rings. The number of nitrogens with zero attached hydrogens (tertiary/aromatic N) is 2. The standard InChI is InChI=1S/C25H31N3O5S/c29-18-19-10-14-27(15-11-19)25(31)21-7-4-8-22(16-21)26-24(30)20-6-5-9-23(17-20)34(32,33)28-12-2-1-3-13-28/h4-9,16-17,19,29H,1-3,10-15,18H2,(H,26,30). The summed E-state index contributed by atoms with van der Waals surface area (Å²) in [7, 11) is -3.64. The van der Waals surface area contributed by atoms with Crippen LogP contribution >= 0.6 is 0 Å². The Hall–Kier alpha value is -2.75. The van der Waals surface area contributed by atoms with Crippen LogP contribution in [0.5, 0.6) is 0 Å². The number of aliphatic hydroxyl groups is 1. The monoisotopic (exact) mass is 485 g/mol. The molecule has 2 aromatic carbocycles. The molecule has 2 amide bonds. The van der Waals surface area contributed by atoms with Gasteiger partial charge in [-0.1, -0.05) is 18.6 Å². The van der Waals surface area contributed by atoms with Gasteiger partial charge >= 0.3 is 0 Å². The first-order valence-corrected chi connectivity index (χ1v) is 13.2. The number of anilines is 1. The Balaban J connectivity index is 1.45. The van der Waals surface area contributed by atoms with Gasteiger partial charge in [0.1, 0.15) is 0 Å². The maximum atomic E-state index is 13.0. The maximum absolute atomic E-state index is 13.0. The van der Waals surface area contributed by atoms with Crippen molar-refractivity contribution in [1.82, 2.24) is 9.21 Å². The molecule has 2 aliphatic heterocycles. The van der Waals surface area contributed by atoms with Gasteiger partial charge in [0.05, 0.1) is 4.90 Å². The zero-order chi connectivity index (χ0) is 24.1. The molecule has 2 heterocycles. The van der Waals surface area contributed by atoms with Crippen LogP contribution in [0, 0.1) is 5.92 Å². The number of rotatable bonds is 6. The summed E-state index contributed by atoms with van der Waals surface area (Å²) >= 11 is 0. The van der Waals surface area contributed by atoms with Gasteiger partial charge in [-0.2, -0.15) is 4.31 Å². The molecule has 4 rings (SSSR count). The van der Waals surface area contributed by atoms with Crippen molar-refractivity contribution in [2.75, 3.05) is 38.1 Å². The third-order valence-electron chi connectivity index (χ3n) is 6.58. The SMILES string of the molecule is O=C(Nc1cccc(C(=O)N2CCC(CO)CC2)c1)c1cccc(S(=O)(=O)N2CCCCC2)c1. The van der Waals surface area contributed by atoms with E-state index in [0.29, 0.717) is 37.4 Å². The predicted octanol–water partition coefficient (Wildman–Crippen LogP) is 2.96. The van der Waals surface area contributed by atoms with Crippen LogP contribution in [0.4, 0.5) is 5.69 Å². The normalized spacial score (nSPS) is 18.0. The molecule has 34 heavy (non-hydrogen) atoms. The average Bonchev–Trinajstić information content (AvgIpc) is 2.89. The summed E-state index contributed by atoms with van der Waals surface area (Å²) in [5.41, 5.74) is 1.17. The zero-order valence-electron chi connectivity index (χ0n) is 19.2. The second-order valence-electron chi connectivity index (χ2n) is 8.95. The number of benzene rings is 2. The van der Waals surface area contributed by atoms with Gasteiger partial charge in [-0.15, -0.1) is 0 Å². The molecule has 8 nitrogen and oxygen atoms in total. The van der Waals surface area contributed by atoms with Gasteiger partial charge in [-0.05, 0) is 68.0 Å². The van der Waals surface area contributed by atoms with Gasteiger partial charge in [0.25, 0.3) is 11.8 Å². The molecule has 0 radical (unpaired) electrons. The Kier molecular flexibility index (Phi) is 7.65. The molecule has 182 valence electrons. The topological polar surface area (TPSA) is 107 Å². The quantitative estimate of drug-likeness (QED) is 0.654. The summed E-state index contributed by atoms with van der Waals surface area (Å²) in [6.45, 7) is 2.33.